The summed E-state index contributed by atoms with van der Waals surface area (Å²) in [5.41, 5.74) is 7.02. The second-order valence-corrected chi connectivity index (χ2v) is 10.3. The van der Waals surface area contributed by atoms with Crippen LogP contribution in [0.1, 0.15) is 134 Å². The number of anilines is 2. The van der Waals surface area contributed by atoms with Crippen molar-refractivity contribution in [2.75, 3.05) is 5.32 Å². The van der Waals surface area contributed by atoms with E-state index in [1.165, 1.54) is 144 Å². The highest BCUT2D eigenvalue weighted by molar-refractivity contribution is 5.64. The summed E-state index contributed by atoms with van der Waals surface area (Å²) < 4.78 is 0. The number of rotatable bonds is 20. The first-order valence-corrected chi connectivity index (χ1v) is 14.7. The maximum absolute atomic E-state index is 3.83. The minimum atomic E-state index is 1.18. The second kappa shape index (κ2) is 18.6. The van der Waals surface area contributed by atoms with Gasteiger partial charge in [-0.05, 0) is 73.4 Å². The van der Waals surface area contributed by atoms with Gasteiger partial charge >= 0.3 is 0 Å². The maximum atomic E-state index is 3.83. The van der Waals surface area contributed by atoms with E-state index in [0.29, 0.717) is 0 Å². The van der Waals surface area contributed by atoms with Crippen molar-refractivity contribution in [2.24, 2.45) is 0 Å². The SMILES string of the molecule is CCCCCCCc1cccc(Nc2cc(CCCCCCC)ccc2CCCCCCC)c1. The predicted molar refractivity (Wildman–Crippen MR) is 154 cm³/mol. The number of benzene rings is 2. The van der Waals surface area contributed by atoms with Crippen LogP contribution < -0.4 is 5.32 Å². The Morgan fingerprint density at radius 3 is 1.62 bits per heavy atom. The smallest absolute Gasteiger partial charge is 0.0419 e. The molecular formula is C33H53N. The van der Waals surface area contributed by atoms with E-state index in [1.54, 1.807) is 0 Å². The Morgan fingerprint density at radius 1 is 0.500 bits per heavy atom. The molecule has 0 aliphatic heterocycles. The molecule has 1 N–H and O–H groups in total. The van der Waals surface area contributed by atoms with Crippen LogP contribution in [-0.2, 0) is 19.3 Å². The first-order chi connectivity index (χ1) is 16.8. The normalized spacial score (nSPS) is 11.1. The number of unbranched alkanes of at least 4 members (excludes halogenated alkanes) is 12. The fourth-order valence-corrected chi connectivity index (χ4v) is 4.86. The molecule has 2 aromatic carbocycles. The lowest BCUT2D eigenvalue weighted by Gasteiger charge is -2.15. The molecule has 0 aliphatic rings. The lowest BCUT2D eigenvalue weighted by molar-refractivity contribution is 0.630. The fourth-order valence-electron chi connectivity index (χ4n) is 4.86. The molecule has 0 saturated heterocycles. The molecule has 0 heterocycles. The molecule has 1 nitrogen and oxygen atoms in total. The Bertz CT molecular complexity index is 763. The van der Waals surface area contributed by atoms with Crippen LogP contribution in [0.5, 0.6) is 0 Å². The Kier molecular flexibility index (Phi) is 15.5. The molecule has 0 fully saturated rings. The number of nitrogens with one attached hydrogen (secondary N) is 1. The van der Waals surface area contributed by atoms with Crippen LogP contribution in [0.25, 0.3) is 0 Å². The first-order valence-electron chi connectivity index (χ1n) is 14.7. The Hall–Kier alpha value is -1.76. The van der Waals surface area contributed by atoms with E-state index < -0.39 is 0 Å². The molecule has 190 valence electrons. The standard InChI is InChI=1S/C33H53N/c1-4-7-10-13-16-20-29-22-19-24-32(27-29)34-33-28-30(21-17-14-11-8-5-2)25-26-31(33)23-18-15-12-9-6-3/h19,22,24-28,34H,4-18,20-21,23H2,1-3H3. The van der Waals surface area contributed by atoms with E-state index in [1.807, 2.05) is 0 Å². The molecule has 0 amide bonds. The third kappa shape index (κ3) is 12.1. The van der Waals surface area contributed by atoms with Crippen LogP contribution in [-0.4, -0.2) is 0 Å². The molecule has 0 aromatic heterocycles. The van der Waals surface area contributed by atoms with Crippen molar-refractivity contribution in [3.63, 3.8) is 0 Å². The van der Waals surface area contributed by atoms with Gasteiger partial charge < -0.3 is 5.32 Å². The van der Waals surface area contributed by atoms with Gasteiger partial charge in [0, 0.05) is 11.4 Å². The van der Waals surface area contributed by atoms with Gasteiger partial charge in [0.05, 0.1) is 0 Å². The lowest BCUT2D eigenvalue weighted by atomic mass is 9.99. The van der Waals surface area contributed by atoms with Crippen molar-refractivity contribution in [1.82, 2.24) is 0 Å². The van der Waals surface area contributed by atoms with Gasteiger partial charge in [0.1, 0.15) is 0 Å². The molecule has 0 atom stereocenters. The molecule has 0 bridgehead atoms. The summed E-state index contributed by atoms with van der Waals surface area (Å²) in [6.07, 6.45) is 23.7. The molecule has 0 radical (unpaired) electrons. The van der Waals surface area contributed by atoms with Gasteiger partial charge in [0.25, 0.3) is 0 Å². The third-order valence-electron chi connectivity index (χ3n) is 7.07. The zero-order valence-electron chi connectivity index (χ0n) is 22.8. The summed E-state index contributed by atoms with van der Waals surface area (Å²) in [5, 5.41) is 3.83. The predicted octanol–water partition coefficient (Wildman–Crippen LogP) is 11.0. The average molecular weight is 464 g/mol. The first kappa shape index (κ1) is 28.5. The second-order valence-electron chi connectivity index (χ2n) is 10.3. The van der Waals surface area contributed by atoms with Crippen LogP contribution in [0, 0.1) is 0 Å². The van der Waals surface area contributed by atoms with E-state index in [4.69, 9.17) is 0 Å². The zero-order chi connectivity index (χ0) is 24.3. The number of aryl methyl sites for hydroxylation is 3. The Labute approximate surface area is 212 Å². The van der Waals surface area contributed by atoms with Crippen LogP contribution in [0.4, 0.5) is 11.4 Å². The van der Waals surface area contributed by atoms with Crippen molar-refractivity contribution in [3.05, 3.63) is 59.2 Å². The number of hydrogen-bond acceptors (Lipinski definition) is 1. The molecule has 0 unspecified atom stereocenters. The molecular weight excluding hydrogens is 410 g/mol. The van der Waals surface area contributed by atoms with E-state index in [-0.39, 0.29) is 0 Å². The topological polar surface area (TPSA) is 12.0 Å². The van der Waals surface area contributed by atoms with Crippen LogP contribution in [0.3, 0.4) is 0 Å². The Balaban J connectivity index is 2.01. The van der Waals surface area contributed by atoms with Crippen LogP contribution >= 0.6 is 0 Å². The highest BCUT2D eigenvalue weighted by Crippen LogP contribution is 2.26. The van der Waals surface area contributed by atoms with Gasteiger partial charge in [-0.2, -0.15) is 0 Å². The summed E-state index contributed by atoms with van der Waals surface area (Å²) in [6.45, 7) is 6.87. The van der Waals surface area contributed by atoms with Gasteiger partial charge in [0.15, 0.2) is 0 Å². The van der Waals surface area contributed by atoms with Crippen LogP contribution in [0.2, 0.25) is 0 Å². The molecule has 34 heavy (non-hydrogen) atoms. The van der Waals surface area contributed by atoms with Gasteiger partial charge in [0.2, 0.25) is 0 Å². The zero-order valence-corrected chi connectivity index (χ0v) is 22.8. The maximum Gasteiger partial charge on any atom is 0.0419 e. The lowest BCUT2D eigenvalue weighted by Crippen LogP contribution is -2.00. The van der Waals surface area contributed by atoms with Crippen LogP contribution in [0.15, 0.2) is 42.5 Å². The molecule has 1 heteroatoms. The highest BCUT2D eigenvalue weighted by Gasteiger charge is 2.07. The highest BCUT2D eigenvalue weighted by atomic mass is 14.9. The minimum absolute atomic E-state index is 1.18. The summed E-state index contributed by atoms with van der Waals surface area (Å²) in [7, 11) is 0. The molecule has 0 spiro atoms. The Morgan fingerprint density at radius 2 is 1.03 bits per heavy atom. The van der Waals surface area contributed by atoms with E-state index in [9.17, 15) is 0 Å². The van der Waals surface area contributed by atoms with Crippen molar-refractivity contribution in [3.8, 4) is 0 Å². The van der Waals surface area contributed by atoms with E-state index in [2.05, 4.69) is 68.6 Å². The van der Waals surface area contributed by atoms with Gasteiger partial charge in [-0.3, -0.25) is 0 Å². The fraction of sp³-hybridized carbons (Fsp3) is 0.636. The molecule has 2 rings (SSSR count). The summed E-state index contributed by atoms with van der Waals surface area (Å²) in [4.78, 5) is 0. The summed E-state index contributed by atoms with van der Waals surface area (Å²) >= 11 is 0. The molecule has 2 aromatic rings. The van der Waals surface area contributed by atoms with Crippen molar-refractivity contribution < 1.29 is 0 Å². The quantitative estimate of drug-likeness (QED) is 0.192. The largest absolute Gasteiger partial charge is 0.355 e. The summed E-state index contributed by atoms with van der Waals surface area (Å²) in [5.74, 6) is 0. The van der Waals surface area contributed by atoms with E-state index >= 15 is 0 Å². The van der Waals surface area contributed by atoms with Gasteiger partial charge in [-0.25, -0.2) is 0 Å². The van der Waals surface area contributed by atoms with Crippen molar-refractivity contribution in [2.45, 2.75) is 136 Å². The minimum Gasteiger partial charge on any atom is -0.355 e. The molecule has 0 aliphatic carbocycles. The van der Waals surface area contributed by atoms with Crippen molar-refractivity contribution in [1.29, 1.82) is 0 Å². The van der Waals surface area contributed by atoms with E-state index in [0.717, 1.165) is 0 Å². The van der Waals surface area contributed by atoms with Gasteiger partial charge in [-0.1, -0.05) is 122 Å². The molecule has 0 saturated carbocycles. The average Bonchev–Trinajstić information content (AvgIpc) is 2.85. The summed E-state index contributed by atoms with van der Waals surface area (Å²) in [6, 6.07) is 16.4. The number of hydrogen-bond donors (Lipinski definition) is 1. The monoisotopic (exact) mass is 463 g/mol. The third-order valence-corrected chi connectivity index (χ3v) is 7.07. The van der Waals surface area contributed by atoms with Gasteiger partial charge in [-0.15, -0.1) is 0 Å². The van der Waals surface area contributed by atoms with Crippen molar-refractivity contribution >= 4 is 11.4 Å².